The zero-order chi connectivity index (χ0) is 27.7. The summed E-state index contributed by atoms with van der Waals surface area (Å²) in [6.45, 7) is 6.13. The Hall–Kier alpha value is -2.96. The number of aromatic nitrogens is 3. The minimum atomic E-state index is -4.68. The molecule has 1 amide bonds. The molecule has 0 radical (unpaired) electrons. The van der Waals surface area contributed by atoms with Crippen molar-refractivity contribution in [2.24, 2.45) is 0 Å². The van der Waals surface area contributed by atoms with Crippen LogP contribution in [0.5, 0.6) is 0 Å². The fraction of sp³-hybridized carbons (Fsp3) is 0.400. The Bertz CT molecular complexity index is 1350. The number of carbonyl (C=O) groups excluding carboxylic acids is 2. The van der Waals surface area contributed by atoms with E-state index in [0.29, 0.717) is 10.7 Å². The Labute approximate surface area is 238 Å². The first kappa shape index (κ1) is 30.6. The van der Waals surface area contributed by atoms with E-state index in [4.69, 9.17) is 16.3 Å². The lowest BCUT2D eigenvalue weighted by atomic mass is 9.96. The van der Waals surface area contributed by atoms with Crippen LogP contribution in [0.2, 0.25) is 5.02 Å². The molecule has 0 aliphatic carbocycles. The quantitative estimate of drug-likeness (QED) is 0.297. The van der Waals surface area contributed by atoms with E-state index >= 15 is 0 Å². The van der Waals surface area contributed by atoms with Crippen LogP contribution in [0.3, 0.4) is 0 Å². The SMILES string of the molecule is CC[C@]1(C)CCCN1c1cnc(C(=O)Nc2nc(-c3ccc(Cl)c(C(F)(F)F)c3)c(COC(C)=O)s2)cn1.Cl. The van der Waals surface area contributed by atoms with Crippen molar-refractivity contribution in [1.29, 1.82) is 0 Å². The van der Waals surface area contributed by atoms with Gasteiger partial charge in [-0.2, -0.15) is 13.2 Å². The molecule has 1 aromatic carbocycles. The average Bonchev–Trinajstić information content (AvgIpc) is 3.46. The molecule has 39 heavy (non-hydrogen) atoms. The lowest BCUT2D eigenvalue weighted by molar-refractivity contribution is -0.142. The maximum absolute atomic E-state index is 13.4. The van der Waals surface area contributed by atoms with Gasteiger partial charge in [0.2, 0.25) is 0 Å². The highest BCUT2D eigenvalue weighted by molar-refractivity contribution is 7.16. The summed E-state index contributed by atoms with van der Waals surface area (Å²) in [4.78, 5) is 39.8. The van der Waals surface area contributed by atoms with Crippen molar-refractivity contribution in [1.82, 2.24) is 15.0 Å². The summed E-state index contributed by atoms with van der Waals surface area (Å²) in [5.41, 5.74) is -0.754. The molecule has 4 rings (SSSR count). The number of amides is 1. The van der Waals surface area contributed by atoms with Crippen LogP contribution in [-0.4, -0.2) is 38.9 Å². The summed E-state index contributed by atoms with van der Waals surface area (Å²) >= 11 is 6.72. The maximum atomic E-state index is 13.4. The van der Waals surface area contributed by atoms with E-state index in [1.807, 2.05) is 0 Å². The first-order valence-corrected chi connectivity index (χ1v) is 13.0. The fourth-order valence-electron chi connectivity index (χ4n) is 4.31. The molecule has 0 saturated carbocycles. The number of hydrogen-bond acceptors (Lipinski definition) is 8. The number of esters is 1. The Morgan fingerprint density at radius 1 is 1.26 bits per heavy atom. The summed E-state index contributed by atoms with van der Waals surface area (Å²) in [6, 6.07) is 3.36. The standard InChI is InChI=1S/C25H25ClF3N5O3S.ClH/c1-4-24(3)8-5-9-34(24)20-12-30-18(11-31-20)22(36)33-23-32-21(19(38-23)13-37-14(2)35)15-6-7-17(26)16(10-15)25(27,28)29;/h6-7,10-12H,4-5,8-9,13H2,1-3H3,(H,32,33,36);1H/t24-;/m1./s1. The van der Waals surface area contributed by atoms with Crippen molar-refractivity contribution in [3.05, 3.63) is 51.7 Å². The van der Waals surface area contributed by atoms with E-state index in [9.17, 15) is 22.8 Å². The van der Waals surface area contributed by atoms with Crippen molar-refractivity contribution >= 4 is 58.2 Å². The van der Waals surface area contributed by atoms with Crippen LogP contribution in [0.15, 0.2) is 30.6 Å². The van der Waals surface area contributed by atoms with Gasteiger partial charge in [-0.15, -0.1) is 12.4 Å². The van der Waals surface area contributed by atoms with E-state index in [0.717, 1.165) is 49.3 Å². The molecule has 1 aliphatic heterocycles. The number of thiazole rings is 1. The second-order valence-electron chi connectivity index (χ2n) is 9.08. The van der Waals surface area contributed by atoms with E-state index in [1.54, 1.807) is 6.20 Å². The zero-order valence-electron chi connectivity index (χ0n) is 21.3. The van der Waals surface area contributed by atoms with E-state index in [2.05, 4.69) is 39.0 Å². The molecular weight excluding hydrogens is 578 g/mol. The van der Waals surface area contributed by atoms with Gasteiger partial charge < -0.3 is 9.64 Å². The number of alkyl halides is 3. The van der Waals surface area contributed by atoms with Gasteiger partial charge in [0.25, 0.3) is 5.91 Å². The van der Waals surface area contributed by atoms with E-state index < -0.39 is 28.6 Å². The minimum absolute atomic E-state index is 0. The van der Waals surface area contributed by atoms with Crippen LogP contribution < -0.4 is 10.2 Å². The van der Waals surface area contributed by atoms with Crippen LogP contribution in [0, 0.1) is 0 Å². The van der Waals surface area contributed by atoms with Crippen LogP contribution in [0.4, 0.5) is 24.1 Å². The smallest absolute Gasteiger partial charge is 0.417 e. The van der Waals surface area contributed by atoms with E-state index in [-0.39, 0.29) is 46.6 Å². The van der Waals surface area contributed by atoms with Gasteiger partial charge in [-0.3, -0.25) is 14.9 Å². The van der Waals surface area contributed by atoms with Crippen LogP contribution in [0.25, 0.3) is 11.3 Å². The number of nitrogens with one attached hydrogen (secondary N) is 1. The van der Waals surface area contributed by atoms with Gasteiger partial charge in [0, 0.05) is 24.6 Å². The molecule has 1 aliphatic rings. The number of halogens is 5. The Kier molecular flexibility index (Phi) is 9.45. The fourth-order valence-corrected chi connectivity index (χ4v) is 5.42. The molecule has 2 aromatic heterocycles. The lowest BCUT2D eigenvalue weighted by Gasteiger charge is -2.35. The number of benzene rings is 1. The van der Waals surface area contributed by atoms with Crippen molar-refractivity contribution in [3.8, 4) is 11.3 Å². The van der Waals surface area contributed by atoms with Crippen molar-refractivity contribution in [3.63, 3.8) is 0 Å². The molecule has 1 atom stereocenters. The van der Waals surface area contributed by atoms with Gasteiger partial charge in [0.15, 0.2) is 5.13 Å². The number of carbonyl (C=O) groups is 2. The number of ether oxygens (including phenoxy) is 1. The Balaban J connectivity index is 0.00000420. The third-order valence-corrected chi connectivity index (χ3v) is 7.80. The van der Waals surface area contributed by atoms with Gasteiger partial charge in [-0.05, 0) is 38.3 Å². The van der Waals surface area contributed by atoms with Crippen molar-refractivity contribution < 1.29 is 27.5 Å². The highest BCUT2D eigenvalue weighted by atomic mass is 35.5. The zero-order valence-corrected chi connectivity index (χ0v) is 23.7. The molecule has 8 nitrogen and oxygen atoms in total. The summed E-state index contributed by atoms with van der Waals surface area (Å²) in [7, 11) is 0. The van der Waals surface area contributed by atoms with Crippen LogP contribution in [-0.2, 0) is 22.3 Å². The van der Waals surface area contributed by atoms with Gasteiger partial charge in [0.1, 0.15) is 18.1 Å². The normalized spacial score (nSPS) is 17.1. The summed E-state index contributed by atoms with van der Waals surface area (Å²) in [5, 5.41) is 2.25. The lowest BCUT2D eigenvalue weighted by Crippen LogP contribution is -2.41. The van der Waals surface area contributed by atoms with Gasteiger partial charge in [0.05, 0.1) is 33.6 Å². The summed E-state index contributed by atoms with van der Waals surface area (Å²) < 4.78 is 45.3. The first-order valence-electron chi connectivity index (χ1n) is 11.8. The molecule has 1 fully saturated rings. The monoisotopic (exact) mass is 603 g/mol. The van der Waals surface area contributed by atoms with Crippen molar-refractivity contribution in [2.75, 3.05) is 16.8 Å². The van der Waals surface area contributed by atoms with Crippen molar-refractivity contribution in [2.45, 2.75) is 58.4 Å². The van der Waals surface area contributed by atoms with E-state index in [1.165, 1.54) is 19.2 Å². The molecule has 0 spiro atoms. The number of anilines is 2. The molecule has 1 saturated heterocycles. The maximum Gasteiger partial charge on any atom is 0.417 e. The van der Waals surface area contributed by atoms with Crippen LogP contribution in [0.1, 0.15) is 61.0 Å². The third kappa shape index (κ3) is 6.79. The second-order valence-corrected chi connectivity index (χ2v) is 10.6. The first-order chi connectivity index (χ1) is 17.9. The summed E-state index contributed by atoms with van der Waals surface area (Å²) in [5.74, 6) is -0.475. The van der Waals surface area contributed by atoms with Crippen LogP contribution >= 0.6 is 35.3 Å². The number of nitrogens with zero attached hydrogens (tertiary/aromatic N) is 4. The molecule has 0 bridgehead atoms. The molecular formula is C25H26Cl2F3N5O3S. The van der Waals surface area contributed by atoms with Gasteiger partial charge in [-0.1, -0.05) is 35.9 Å². The van der Waals surface area contributed by atoms with Gasteiger partial charge in [-0.25, -0.2) is 15.0 Å². The largest absolute Gasteiger partial charge is 0.460 e. The molecule has 3 aromatic rings. The van der Waals surface area contributed by atoms with Gasteiger partial charge >= 0.3 is 12.1 Å². The molecule has 210 valence electrons. The Morgan fingerprint density at radius 2 is 2.00 bits per heavy atom. The molecule has 1 N–H and O–H groups in total. The second kappa shape index (κ2) is 12.1. The predicted molar refractivity (Wildman–Crippen MR) is 146 cm³/mol. The molecule has 3 heterocycles. The highest BCUT2D eigenvalue weighted by Gasteiger charge is 2.36. The average molecular weight is 604 g/mol. The number of hydrogen-bond donors (Lipinski definition) is 1. The predicted octanol–water partition coefficient (Wildman–Crippen LogP) is 6.78. The Morgan fingerprint density at radius 3 is 2.62 bits per heavy atom. The third-order valence-electron chi connectivity index (χ3n) is 6.53. The topological polar surface area (TPSA) is 97.3 Å². The number of rotatable bonds is 7. The highest BCUT2D eigenvalue weighted by Crippen LogP contribution is 2.39. The molecule has 14 heteroatoms. The molecule has 0 unspecified atom stereocenters. The summed E-state index contributed by atoms with van der Waals surface area (Å²) in [6.07, 6.45) is 1.31. The minimum Gasteiger partial charge on any atom is -0.460 e.